The largest absolute Gasteiger partial charge is 0.303 e. The number of halogens is 2. The molecule has 0 saturated heterocycles. The van der Waals surface area contributed by atoms with E-state index in [1.54, 1.807) is 22.8 Å². The predicted molar refractivity (Wildman–Crippen MR) is 92.9 cm³/mol. The Bertz CT molecular complexity index is 975. The minimum absolute atomic E-state index is 0.293. The fraction of sp³-hybridized carbons (Fsp3) is 0.0667. The molecule has 0 aliphatic rings. The number of aromatic nitrogens is 1. The zero-order chi connectivity index (χ0) is 15.7. The molecule has 0 atom stereocenters. The van der Waals surface area contributed by atoms with Crippen LogP contribution >= 0.6 is 45.9 Å². The Morgan fingerprint density at radius 2 is 2.09 bits per heavy atom. The zero-order valence-corrected chi connectivity index (χ0v) is 14.2. The van der Waals surface area contributed by atoms with Crippen molar-refractivity contribution in [1.82, 2.24) is 4.57 Å². The van der Waals surface area contributed by atoms with Gasteiger partial charge >= 0.3 is 0 Å². The molecule has 0 saturated carbocycles. The molecule has 7 heteroatoms. The van der Waals surface area contributed by atoms with Crippen LogP contribution in [0.15, 0.2) is 35.3 Å². The number of amides is 1. The predicted octanol–water partition coefficient (Wildman–Crippen LogP) is 4.45. The van der Waals surface area contributed by atoms with Gasteiger partial charge in [0.15, 0.2) is 4.80 Å². The lowest BCUT2D eigenvalue weighted by Gasteiger charge is -2.01. The van der Waals surface area contributed by atoms with Gasteiger partial charge in [-0.15, -0.1) is 17.8 Å². The average Bonchev–Trinajstić information content (AvgIpc) is 3.05. The first kappa shape index (κ1) is 15.3. The van der Waals surface area contributed by atoms with Gasteiger partial charge in [0.25, 0.3) is 5.91 Å². The van der Waals surface area contributed by atoms with Crippen LogP contribution in [0.5, 0.6) is 0 Å². The maximum Gasteiger partial charge on any atom is 0.289 e. The third-order valence-electron chi connectivity index (χ3n) is 2.88. The normalized spacial score (nSPS) is 11.8. The van der Waals surface area contributed by atoms with Gasteiger partial charge in [0.2, 0.25) is 0 Å². The molecule has 1 amide bonds. The van der Waals surface area contributed by atoms with E-state index in [2.05, 4.69) is 10.9 Å². The van der Waals surface area contributed by atoms with E-state index in [4.69, 9.17) is 29.6 Å². The molecule has 0 bridgehead atoms. The van der Waals surface area contributed by atoms with Crippen molar-refractivity contribution in [2.24, 2.45) is 4.99 Å². The quantitative estimate of drug-likeness (QED) is 0.617. The molecule has 110 valence electrons. The number of rotatable bonds is 2. The first-order chi connectivity index (χ1) is 10.6. The second-order valence-electron chi connectivity index (χ2n) is 4.28. The Hall–Kier alpha value is -1.58. The molecule has 0 spiro atoms. The minimum Gasteiger partial charge on any atom is -0.303 e. The second kappa shape index (κ2) is 6.27. The molecule has 0 unspecified atom stereocenters. The van der Waals surface area contributed by atoms with Crippen molar-refractivity contribution in [2.75, 3.05) is 0 Å². The van der Waals surface area contributed by atoms with Crippen LogP contribution in [0.2, 0.25) is 9.36 Å². The van der Waals surface area contributed by atoms with Gasteiger partial charge in [-0.3, -0.25) is 4.79 Å². The molecule has 1 aromatic carbocycles. The van der Waals surface area contributed by atoms with Gasteiger partial charge in [-0.1, -0.05) is 46.5 Å². The molecule has 0 aliphatic carbocycles. The Labute approximate surface area is 144 Å². The third-order valence-corrected chi connectivity index (χ3v) is 5.45. The van der Waals surface area contributed by atoms with Crippen LogP contribution in [0.25, 0.3) is 10.2 Å². The lowest BCUT2D eigenvalue weighted by atomic mass is 10.3. The number of carbonyl (C=O) groups is 1. The van der Waals surface area contributed by atoms with Gasteiger partial charge < -0.3 is 4.57 Å². The summed E-state index contributed by atoms with van der Waals surface area (Å²) in [6, 6.07) is 8.89. The third kappa shape index (κ3) is 2.83. The molecule has 0 N–H and O–H groups in total. The highest BCUT2D eigenvalue weighted by molar-refractivity contribution is 7.18. The van der Waals surface area contributed by atoms with E-state index in [9.17, 15) is 4.79 Å². The van der Waals surface area contributed by atoms with Crippen LogP contribution in [0.1, 0.15) is 9.67 Å². The van der Waals surface area contributed by atoms with Gasteiger partial charge in [-0.05, 0) is 24.3 Å². The summed E-state index contributed by atoms with van der Waals surface area (Å²) < 4.78 is 3.25. The van der Waals surface area contributed by atoms with Crippen molar-refractivity contribution < 1.29 is 4.79 Å². The van der Waals surface area contributed by atoms with Crippen molar-refractivity contribution in [2.45, 2.75) is 6.54 Å². The molecule has 3 nitrogen and oxygen atoms in total. The van der Waals surface area contributed by atoms with Crippen LogP contribution in [-0.2, 0) is 6.54 Å². The van der Waals surface area contributed by atoms with Crippen LogP contribution < -0.4 is 4.80 Å². The number of fused-ring (bicyclic) bond motifs is 1. The lowest BCUT2D eigenvalue weighted by Crippen LogP contribution is -2.16. The highest BCUT2D eigenvalue weighted by Gasteiger charge is 2.12. The van der Waals surface area contributed by atoms with Gasteiger partial charge in [-0.25, -0.2) is 0 Å². The second-order valence-corrected chi connectivity index (χ2v) is 7.41. The highest BCUT2D eigenvalue weighted by atomic mass is 35.5. The number of thiophene rings is 1. The Balaban J connectivity index is 2.20. The maximum absolute atomic E-state index is 12.2. The van der Waals surface area contributed by atoms with Crippen molar-refractivity contribution >= 4 is 62.0 Å². The molecule has 3 aromatic rings. The lowest BCUT2D eigenvalue weighted by molar-refractivity contribution is 0.100. The number of para-hydroxylation sites is 1. The van der Waals surface area contributed by atoms with E-state index in [0.29, 0.717) is 25.6 Å². The molecular weight excluding hydrogens is 359 g/mol. The first-order valence-corrected chi connectivity index (χ1v) is 8.55. The molecule has 0 aliphatic heterocycles. The van der Waals surface area contributed by atoms with E-state index >= 15 is 0 Å². The summed E-state index contributed by atoms with van der Waals surface area (Å²) >= 11 is 14.7. The number of terminal acetylenes is 1. The van der Waals surface area contributed by atoms with Gasteiger partial charge in [0, 0.05) is 0 Å². The molecule has 22 heavy (non-hydrogen) atoms. The topological polar surface area (TPSA) is 34.4 Å². The van der Waals surface area contributed by atoms with Crippen LogP contribution in [0, 0.1) is 12.3 Å². The molecule has 2 heterocycles. The SMILES string of the molecule is C#CCn1c(=NC(=O)c2ccc(Cl)s2)sc2cccc(Cl)c21. The average molecular weight is 367 g/mol. The number of thiazole rings is 1. The van der Waals surface area contributed by atoms with Crippen molar-refractivity contribution in [3.05, 3.63) is 49.4 Å². The highest BCUT2D eigenvalue weighted by Crippen LogP contribution is 2.26. The summed E-state index contributed by atoms with van der Waals surface area (Å²) in [6.07, 6.45) is 5.42. The Morgan fingerprint density at radius 3 is 2.77 bits per heavy atom. The van der Waals surface area contributed by atoms with E-state index in [-0.39, 0.29) is 5.91 Å². The fourth-order valence-electron chi connectivity index (χ4n) is 1.98. The van der Waals surface area contributed by atoms with Crippen molar-refractivity contribution in [3.8, 4) is 12.3 Å². The molecule has 2 aromatic heterocycles. The fourth-order valence-corrected chi connectivity index (χ4v) is 4.30. The van der Waals surface area contributed by atoms with E-state index in [0.717, 1.165) is 10.2 Å². The molecular formula is C15H8Cl2N2OS2. The van der Waals surface area contributed by atoms with Gasteiger partial charge in [0.1, 0.15) is 0 Å². The summed E-state index contributed by atoms with van der Waals surface area (Å²) in [5.41, 5.74) is 0.794. The summed E-state index contributed by atoms with van der Waals surface area (Å²) in [7, 11) is 0. The molecule has 3 rings (SSSR count). The number of hydrogen-bond donors (Lipinski definition) is 0. The maximum atomic E-state index is 12.2. The number of benzene rings is 1. The van der Waals surface area contributed by atoms with Gasteiger partial charge in [-0.2, -0.15) is 4.99 Å². The van der Waals surface area contributed by atoms with Crippen molar-refractivity contribution in [3.63, 3.8) is 0 Å². The number of carbonyl (C=O) groups excluding carboxylic acids is 1. The van der Waals surface area contributed by atoms with E-state index in [1.807, 2.05) is 12.1 Å². The van der Waals surface area contributed by atoms with Gasteiger partial charge in [0.05, 0.1) is 31.0 Å². The monoisotopic (exact) mass is 366 g/mol. The van der Waals surface area contributed by atoms with Crippen molar-refractivity contribution in [1.29, 1.82) is 0 Å². The molecule has 0 radical (unpaired) electrons. The summed E-state index contributed by atoms with van der Waals surface area (Å²) in [5.74, 6) is 2.23. The Kier molecular flexibility index (Phi) is 4.37. The summed E-state index contributed by atoms with van der Waals surface area (Å²) in [5, 5.41) is 0.581. The Morgan fingerprint density at radius 1 is 1.27 bits per heavy atom. The zero-order valence-electron chi connectivity index (χ0n) is 11.0. The first-order valence-electron chi connectivity index (χ1n) is 6.16. The standard InChI is InChI=1S/C15H8Cl2N2OS2/c1-2-8-19-13-9(16)4-3-5-10(13)22-15(19)18-14(20)11-6-7-12(17)21-11/h1,3-7H,8H2. The summed E-state index contributed by atoms with van der Waals surface area (Å²) in [4.78, 5) is 17.4. The van der Waals surface area contributed by atoms with Crippen LogP contribution in [0.3, 0.4) is 0 Å². The summed E-state index contributed by atoms with van der Waals surface area (Å²) in [6.45, 7) is 0.293. The van der Waals surface area contributed by atoms with Crippen LogP contribution in [0.4, 0.5) is 0 Å². The molecule has 0 fully saturated rings. The van der Waals surface area contributed by atoms with E-state index < -0.39 is 0 Å². The van der Waals surface area contributed by atoms with E-state index in [1.165, 1.54) is 22.7 Å². The smallest absolute Gasteiger partial charge is 0.289 e. The van der Waals surface area contributed by atoms with Crippen LogP contribution in [-0.4, -0.2) is 10.5 Å². The number of nitrogens with zero attached hydrogens (tertiary/aromatic N) is 2. The minimum atomic E-state index is -0.342. The number of hydrogen-bond acceptors (Lipinski definition) is 3.